The van der Waals surface area contributed by atoms with Gasteiger partial charge in [0.2, 0.25) is 0 Å². The van der Waals surface area contributed by atoms with Crippen LogP contribution in [0.4, 0.5) is 0 Å². The Hall–Kier alpha value is -1.14. The summed E-state index contributed by atoms with van der Waals surface area (Å²) in [6.07, 6.45) is 4.45. The van der Waals surface area contributed by atoms with Gasteiger partial charge in [-0.1, -0.05) is 20.8 Å². The zero-order chi connectivity index (χ0) is 20.1. The van der Waals surface area contributed by atoms with Crippen LogP contribution >= 0.6 is 0 Å². The van der Waals surface area contributed by atoms with Gasteiger partial charge in [0, 0.05) is 45.2 Å². The Balaban J connectivity index is 1.97. The third-order valence-corrected chi connectivity index (χ3v) is 5.24. The summed E-state index contributed by atoms with van der Waals surface area (Å²) in [6, 6.07) is 0.645. The van der Waals surface area contributed by atoms with Crippen LogP contribution in [-0.2, 0) is 19.1 Å². The van der Waals surface area contributed by atoms with Gasteiger partial charge in [-0.15, -0.1) is 0 Å². The number of esters is 2. The van der Waals surface area contributed by atoms with Gasteiger partial charge in [-0.3, -0.25) is 14.5 Å². The van der Waals surface area contributed by atoms with E-state index in [0.717, 1.165) is 52.0 Å². The molecule has 1 fully saturated rings. The number of unbranched alkanes of at least 4 members (excludes halogenated alkanes) is 1. The first-order chi connectivity index (χ1) is 12.9. The van der Waals surface area contributed by atoms with Crippen molar-refractivity contribution < 1.29 is 19.1 Å². The van der Waals surface area contributed by atoms with Gasteiger partial charge in [0.15, 0.2) is 0 Å². The molecular weight excluding hydrogens is 344 g/mol. The van der Waals surface area contributed by atoms with Crippen LogP contribution in [0.25, 0.3) is 0 Å². The number of hydrogen-bond donors (Lipinski definition) is 0. The molecule has 27 heavy (non-hydrogen) atoms. The summed E-state index contributed by atoms with van der Waals surface area (Å²) in [4.78, 5) is 28.2. The molecule has 0 amide bonds. The predicted molar refractivity (Wildman–Crippen MR) is 108 cm³/mol. The van der Waals surface area contributed by atoms with Gasteiger partial charge >= 0.3 is 11.9 Å². The minimum absolute atomic E-state index is 0.130. The molecule has 0 bridgehead atoms. The van der Waals surface area contributed by atoms with Gasteiger partial charge < -0.3 is 14.4 Å². The number of hydrogen-bond acceptors (Lipinski definition) is 6. The van der Waals surface area contributed by atoms with Crippen molar-refractivity contribution in [3.63, 3.8) is 0 Å². The van der Waals surface area contributed by atoms with Crippen molar-refractivity contribution >= 4 is 11.9 Å². The Morgan fingerprint density at radius 3 is 1.96 bits per heavy atom. The van der Waals surface area contributed by atoms with Crippen molar-refractivity contribution in [1.82, 2.24) is 9.80 Å². The third-order valence-electron chi connectivity index (χ3n) is 5.24. The largest absolute Gasteiger partial charge is 0.466 e. The summed E-state index contributed by atoms with van der Waals surface area (Å²) in [6.45, 7) is 14.5. The predicted octanol–water partition coefficient (Wildman–Crippen LogP) is 3.10. The molecule has 0 aromatic heterocycles. The molecule has 0 aromatic carbocycles. The average molecular weight is 385 g/mol. The Bertz CT molecular complexity index is 420. The number of nitrogens with zero attached hydrogens (tertiary/aromatic N) is 2. The topological polar surface area (TPSA) is 59.1 Å². The van der Waals surface area contributed by atoms with E-state index in [9.17, 15) is 9.59 Å². The minimum atomic E-state index is -0.131. The lowest BCUT2D eigenvalue weighted by Gasteiger charge is -2.37. The van der Waals surface area contributed by atoms with Gasteiger partial charge in [0.25, 0.3) is 0 Å². The molecule has 1 rings (SSSR count). The summed E-state index contributed by atoms with van der Waals surface area (Å²) in [5.74, 6) is 0.253. The summed E-state index contributed by atoms with van der Waals surface area (Å²) in [7, 11) is 0. The zero-order valence-electron chi connectivity index (χ0n) is 17.9. The Labute approximate surface area is 165 Å². The van der Waals surface area contributed by atoms with Gasteiger partial charge in [-0.25, -0.2) is 0 Å². The van der Waals surface area contributed by atoms with E-state index >= 15 is 0 Å². The number of rotatable bonds is 13. The molecule has 1 saturated heterocycles. The lowest BCUT2D eigenvalue weighted by Crippen LogP contribution is -2.49. The molecule has 0 aromatic rings. The van der Waals surface area contributed by atoms with Crippen molar-refractivity contribution in [2.45, 2.75) is 72.3 Å². The summed E-state index contributed by atoms with van der Waals surface area (Å²) in [5.41, 5.74) is 0. The first-order valence-corrected chi connectivity index (χ1v) is 10.7. The molecule has 6 nitrogen and oxygen atoms in total. The highest BCUT2D eigenvalue weighted by Gasteiger charge is 2.20. The van der Waals surface area contributed by atoms with Gasteiger partial charge in [0.1, 0.15) is 0 Å². The van der Waals surface area contributed by atoms with Crippen LogP contribution < -0.4 is 0 Å². The number of piperazine rings is 1. The monoisotopic (exact) mass is 384 g/mol. The molecule has 0 spiro atoms. The summed E-state index contributed by atoms with van der Waals surface area (Å²) in [5, 5.41) is 0. The quantitative estimate of drug-likeness (QED) is 0.359. The SMILES string of the molecule is CCC(C)N1CCN(CCC(=O)OCCCCOC(=O)CCC(C)C)CC1. The molecule has 0 radical (unpaired) electrons. The van der Waals surface area contributed by atoms with Crippen LogP contribution in [0.2, 0.25) is 0 Å². The van der Waals surface area contributed by atoms with E-state index in [4.69, 9.17) is 9.47 Å². The smallest absolute Gasteiger partial charge is 0.307 e. The highest BCUT2D eigenvalue weighted by Crippen LogP contribution is 2.09. The van der Waals surface area contributed by atoms with Crippen LogP contribution in [-0.4, -0.2) is 73.7 Å². The molecule has 1 aliphatic rings. The second-order valence-electron chi connectivity index (χ2n) is 7.97. The van der Waals surface area contributed by atoms with Crippen molar-refractivity contribution in [2.24, 2.45) is 5.92 Å². The fraction of sp³-hybridized carbons (Fsp3) is 0.905. The molecule has 1 atom stereocenters. The van der Waals surface area contributed by atoms with Crippen LogP contribution in [0.3, 0.4) is 0 Å². The lowest BCUT2D eigenvalue weighted by molar-refractivity contribution is -0.146. The first-order valence-electron chi connectivity index (χ1n) is 10.7. The van der Waals surface area contributed by atoms with Crippen LogP contribution in [0.15, 0.2) is 0 Å². The van der Waals surface area contributed by atoms with Crippen LogP contribution in [0.1, 0.15) is 66.2 Å². The standard InChI is InChI=1S/C21H40N2O4/c1-5-19(4)23-14-12-22(13-15-23)11-10-21(25)27-17-7-6-16-26-20(24)9-8-18(2)3/h18-19H,5-17H2,1-4H3. The maximum Gasteiger partial charge on any atom is 0.307 e. The highest BCUT2D eigenvalue weighted by atomic mass is 16.5. The fourth-order valence-electron chi connectivity index (χ4n) is 3.06. The van der Waals surface area contributed by atoms with Gasteiger partial charge in [-0.05, 0) is 38.5 Å². The first kappa shape index (κ1) is 23.9. The normalized spacial score (nSPS) is 17.1. The lowest BCUT2D eigenvalue weighted by atomic mass is 10.1. The van der Waals surface area contributed by atoms with E-state index in [1.807, 2.05) is 0 Å². The molecule has 1 heterocycles. The van der Waals surface area contributed by atoms with Crippen molar-refractivity contribution in [3.8, 4) is 0 Å². The Morgan fingerprint density at radius 2 is 1.44 bits per heavy atom. The van der Waals surface area contributed by atoms with Crippen molar-refractivity contribution in [3.05, 3.63) is 0 Å². The summed E-state index contributed by atoms with van der Waals surface area (Å²) >= 11 is 0. The highest BCUT2D eigenvalue weighted by molar-refractivity contribution is 5.69. The number of carbonyl (C=O) groups excluding carboxylic acids is 2. The Morgan fingerprint density at radius 1 is 0.889 bits per heavy atom. The maximum atomic E-state index is 11.8. The van der Waals surface area contributed by atoms with E-state index in [2.05, 4.69) is 37.5 Å². The second kappa shape index (κ2) is 13.9. The van der Waals surface area contributed by atoms with Crippen molar-refractivity contribution in [2.75, 3.05) is 45.9 Å². The average Bonchev–Trinajstić information content (AvgIpc) is 2.67. The van der Waals surface area contributed by atoms with E-state index in [1.54, 1.807) is 0 Å². The van der Waals surface area contributed by atoms with Gasteiger partial charge in [0.05, 0.1) is 19.6 Å². The summed E-state index contributed by atoms with van der Waals surface area (Å²) < 4.78 is 10.4. The Kier molecular flexibility index (Phi) is 12.3. The van der Waals surface area contributed by atoms with Gasteiger partial charge in [-0.2, -0.15) is 0 Å². The second-order valence-corrected chi connectivity index (χ2v) is 7.97. The number of carbonyl (C=O) groups is 2. The third kappa shape index (κ3) is 11.3. The zero-order valence-corrected chi connectivity index (χ0v) is 17.9. The molecule has 0 N–H and O–H groups in total. The van der Waals surface area contributed by atoms with Crippen molar-refractivity contribution in [1.29, 1.82) is 0 Å². The van der Waals surface area contributed by atoms with E-state index in [0.29, 0.717) is 38.0 Å². The maximum absolute atomic E-state index is 11.8. The minimum Gasteiger partial charge on any atom is -0.466 e. The van der Waals surface area contributed by atoms with Crippen LogP contribution in [0.5, 0.6) is 0 Å². The molecular formula is C21H40N2O4. The van der Waals surface area contributed by atoms with Crippen LogP contribution in [0, 0.1) is 5.92 Å². The van der Waals surface area contributed by atoms with E-state index in [1.165, 1.54) is 6.42 Å². The fourth-order valence-corrected chi connectivity index (χ4v) is 3.06. The number of ether oxygens (including phenoxy) is 2. The molecule has 1 aliphatic heterocycles. The molecule has 158 valence electrons. The molecule has 0 aliphatic carbocycles. The van der Waals surface area contributed by atoms with E-state index < -0.39 is 0 Å². The van der Waals surface area contributed by atoms with E-state index in [-0.39, 0.29) is 11.9 Å². The molecule has 0 saturated carbocycles. The molecule has 1 unspecified atom stereocenters. The molecule has 6 heteroatoms.